The zero-order valence-electron chi connectivity index (χ0n) is 15.0. The van der Waals surface area contributed by atoms with Crippen molar-refractivity contribution in [1.82, 2.24) is 10.2 Å². The summed E-state index contributed by atoms with van der Waals surface area (Å²) in [7, 11) is 0. The van der Waals surface area contributed by atoms with Crippen molar-refractivity contribution in [3.05, 3.63) is 70.8 Å². The van der Waals surface area contributed by atoms with Gasteiger partial charge in [-0.25, -0.2) is 0 Å². The van der Waals surface area contributed by atoms with Gasteiger partial charge in [-0.2, -0.15) is 0 Å². The Morgan fingerprint density at radius 2 is 1.69 bits per heavy atom. The fraction of sp³-hybridized carbons (Fsp3) is 0.286. The van der Waals surface area contributed by atoms with Crippen LogP contribution in [0.4, 0.5) is 0 Å². The number of fused-ring (bicyclic) bond motifs is 1. The molecule has 0 fully saturated rings. The van der Waals surface area contributed by atoms with E-state index in [1.807, 2.05) is 30.3 Å². The highest BCUT2D eigenvalue weighted by Gasteiger charge is 2.35. The largest absolute Gasteiger partial charge is 0.352 e. The van der Waals surface area contributed by atoms with Crippen LogP contribution in [-0.2, 0) is 6.54 Å². The van der Waals surface area contributed by atoms with Gasteiger partial charge in [0.1, 0.15) is 0 Å². The normalized spacial score (nSPS) is 13.3. The van der Waals surface area contributed by atoms with Gasteiger partial charge in [-0.15, -0.1) is 0 Å². The van der Waals surface area contributed by atoms with Gasteiger partial charge < -0.3 is 5.32 Å². The second-order valence-corrected chi connectivity index (χ2v) is 6.88. The number of benzene rings is 2. The number of hydrogen-bond donors (Lipinski definition) is 1. The summed E-state index contributed by atoms with van der Waals surface area (Å²) >= 11 is 0. The lowest BCUT2D eigenvalue weighted by Crippen LogP contribution is -2.29. The molecule has 3 rings (SSSR count). The minimum absolute atomic E-state index is 0.225. The van der Waals surface area contributed by atoms with E-state index in [4.69, 9.17) is 0 Å². The van der Waals surface area contributed by atoms with Crippen molar-refractivity contribution in [2.45, 2.75) is 26.8 Å². The lowest BCUT2D eigenvalue weighted by atomic mass is 10.1. The molecule has 1 aliphatic rings. The van der Waals surface area contributed by atoms with Crippen LogP contribution in [0.3, 0.4) is 0 Å². The molecule has 0 atom stereocenters. The van der Waals surface area contributed by atoms with Crippen LogP contribution in [0.15, 0.2) is 48.5 Å². The van der Waals surface area contributed by atoms with Crippen LogP contribution in [0, 0.1) is 5.92 Å². The fourth-order valence-corrected chi connectivity index (χ4v) is 2.92. The molecule has 2 aromatic rings. The van der Waals surface area contributed by atoms with E-state index in [9.17, 15) is 14.4 Å². The first-order valence-corrected chi connectivity index (χ1v) is 8.79. The predicted molar refractivity (Wildman–Crippen MR) is 98.9 cm³/mol. The summed E-state index contributed by atoms with van der Waals surface area (Å²) in [6, 6.07) is 14.1. The summed E-state index contributed by atoms with van der Waals surface area (Å²) in [5.74, 6) is -0.400. The van der Waals surface area contributed by atoms with E-state index >= 15 is 0 Å². The summed E-state index contributed by atoms with van der Waals surface area (Å²) in [5, 5.41) is 2.85. The highest BCUT2D eigenvalue weighted by molar-refractivity contribution is 6.22. The van der Waals surface area contributed by atoms with E-state index in [1.165, 1.54) is 11.0 Å². The van der Waals surface area contributed by atoms with Crippen molar-refractivity contribution < 1.29 is 14.4 Å². The predicted octanol–water partition coefficient (Wildman–Crippen LogP) is 3.26. The van der Waals surface area contributed by atoms with Crippen molar-refractivity contribution >= 4 is 17.7 Å². The lowest BCUT2D eigenvalue weighted by Gasteiger charge is -2.13. The highest BCUT2D eigenvalue weighted by atomic mass is 16.2. The Bertz CT molecular complexity index is 844. The van der Waals surface area contributed by atoms with Crippen LogP contribution < -0.4 is 5.32 Å². The van der Waals surface area contributed by atoms with E-state index in [1.54, 1.807) is 12.1 Å². The Hall–Kier alpha value is -2.95. The van der Waals surface area contributed by atoms with Gasteiger partial charge in [-0.1, -0.05) is 44.2 Å². The molecule has 134 valence electrons. The maximum Gasteiger partial charge on any atom is 0.261 e. The number of carbonyl (C=O) groups excluding carboxylic acids is 3. The average molecular weight is 350 g/mol. The molecule has 0 spiro atoms. The average Bonchev–Trinajstić information content (AvgIpc) is 2.87. The van der Waals surface area contributed by atoms with Crippen LogP contribution in [0.2, 0.25) is 0 Å². The first-order chi connectivity index (χ1) is 12.5. The number of carbonyl (C=O) groups is 3. The summed E-state index contributed by atoms with van der Waals surface area (Å²) in [4.78, 5) is 38.7. The number of rotatable bonds is 6. The quantitative estimate of drug-likeness (QED) is 0.813. The molecule has 0 aliphatic carbocycles. The molecular formula is C21H22N2O3. The van der Waals surface area contributed by atoms with E-state index in [0.717, 1.165) is 12.0 Å². The topological polar surface area (TPSA) is 66.5 Å². The number of imide groups is 1. The molecule has 1 heterocycles. The standard InChI is InChI=1S/C21H22N2O3/c1-14(2)10-11-22-19(24)16-8-9-17-18(12-16)21(26)23(20(17)25)13-15-6-4-3-5-7-15/h3-9,12,14H,10-11,13H2,1-2H3,(H,22,24). The van der Waals surface area contributed by atoms with Crippen LogP contribution >= 0.6 is 0 Å². The van der Waals surface area contributed by atoms with Crippen molar-refractivity contribution in [1.29, 1.82) is 0 Å². The molecule has 26 heavy (non-hydrogen) atoms. The summed E-state index contributed by atoms with van der Waals surface area (Å²) in [6.45, 7) is 4.99. The third-order valence-electron chi connectivity index (χ3n) is 4.42. The molecule has 0 aromatic heterocycles. The number of nitrogens with zero attached hydrogens (tertiary/aromatic N) is 1. The maximum atomic E-state index is 12.7. The summed E-state index contributed by atoms with van der Waals surface area (Å²) in [6.07, 6.45) is 0.888. The minimum atomic E-state index is -0.356. The van der Waals surface area contributed by atoms with Crippen molar-refractivity contribution in [2.24, 2.45) is 5.92 Å². The van der Waals surface area contributed by atoms with Crippen LogP contribution in [-0.4, -0.2) is 29.2 Å². The number of hydrogen-bond acceptors (Lipinski definition) is 3. The minimum Gasteiger partial charge on any atom is -0.352 e. The fourth-order valence-electron chi connectivity index (χ4n) is 2.92. The Morgan fingerprint density at radius 1 is 1.00 bits per heavy atom. The van der Waals surface area contributed by atoms with E-state index in [0.29, 0.717) is 29.2 Å². The number of nitrogens with one attached hydrogen (secondary N) is 1. The van der Waals surface area contributed by atoms with Gasteiger partial charge in [0, 0.05) is 12.1 Å². The van der Waals surface area contributed by atoms with Gasteiger partial charge in [0.15, 0.2) is 0 Å². The Kier molecular flexibility index (Phi) is 5.16. The molecule has 2 aromatic carbocycles. The molecule has 1 aliphatic heterocycles. The van der Waals surface area contributed by atoms with Crippen LogP contribution in [0.5, 0.6) is 0 Å². The Labute approximate surface area is 153 Å². The summed E-state index contributed by atoms with van der Waals surface area (Å²) in [5.41, 5.74) is 1.93. The lowest BCUT2D eigenvalue weighted by molar-refractivity contribution is 0.0642. The van der Waals surface area contributed by atoms with Gasteiger partial charge in [-0.3, -0.25) is 19.3 Å². The first-order valence-electron chi connectivity index (χ1n) is 8.79. The molecule has 0 bridgehead atoms. The molecule has 5 nitrogen and oxygen atoms in total. The third kappa shape index (κ3) is 3.67. The van der Waals surface area contributed by atoms with Crippen LogP contribution in [0.1, 0.15) is 56.9 Å². The van der Waals surface area contributed by atoms with E-state index in [-0.39, 0.29) is 24.3 Å². The Balaban J connectivity index is 1.76. The second kappa shape index (κ2) is 7.52. The molecule has 0 radical (unpaired) electrons. The molecule has 5 heteroatoms. The number of amides is 3. The van der Waals surface area contributed by atoms with Gasteiger partial charge >= 0.3 is 0 Å². The van der Waals surface area contributed by atoms with E-state index < -0.39 is 0 Å². The van der Waals surface area contributed by atoms with Gasteiger partial charge in [0.05, 0.1) is 17.7 Å². The van der Waals surface area contributed by atoms with Crippen molar-refractivity contribution in [3.8, 4) is 0 Å². The molecule has 0 unspecified atom stereocenters. The molecule has 0 saturated heterocycles. The van der Waals surface area contributed by atoms with E-state index in [2.05, 4.69) is 19.2 Å². The van der Waals surface area contributed by atoms with Crippen molar-refractivity contribution in [3.63, 3.8) is 0 Å². The third-order valence-corrected chi connectivity index (χ3v) is 4.42. The van der Waals surface area contributed by atoms with Gasteiger partial charge in [0.2, 0.25) is 0 Å². The second-order valence-electron chi connectivity index (χ2n) is 6.88. The molecule has 1 N–H and O–H groups in total. The zero-order valence-corrected chi connectivity index (χ0v) is 15.0. The van der Waals surface area contributed by atoms with Gasteiger partial charge in [0.25, 0.3) is 17.7 Å². The highest BCUT2D eigenvalue weighted by Crippen LogP contribution is 2.25. The molecule has 0 saturated carbocycles. The Morgan fingerprint density at radius 3 is 2.38 bits per heavy atom. The smallest absolute Gasteiger partial charge is 0.261 e. The van der Waals surface area contributed by atoms with Gasteiger partial charge in [-0.05, 0) is 36.1 Å². The molecule has 3 amide bonds. The SMILES string of the molecule is CC(C)CCNC(=O)c1ccc2c(c1)C(=O)N(Cc1ccccc1)C2=O. The van der Waals surface area contributed by atoms with Crippen LogP contribution in [0.25, 0.3) is 0 Å². The molecular weight excluding hydrogens is 328 g/mol. The maximum absolute atomic E-state index is 12.7. The first kappa shape index (κ1) is 17.9. The monoisotopic (exact) mass is 350 g/mol. The van der Waals surface area contributed by atoms with Crippen molar-refractivity contribution in [2.75, 3.05) is 6.54 Å². The zero-order chi connectivity index (χ0) is 18.7. The summed E-state index contributed by atoms with van der Waals surface area (Å²) < 4.78 is 0.